The van der Waals surface area contributed by atoms with Gasteiger partial charge in [0, 0.05) is 11.1 Å². The predicted octanol–water partition coefficient (Wildman–Crippen LogP) is 4.51. The second kappa shape index (κ2) is 9.19. The minimum absolute atomic E-state index is 0.0481. The third kappa shape index (κ3) is 4.09. The minimum atomic E-state index is -0.431. The van der Waals surface area contributed by atoms with E-state index in [0.29, 0.717) is 28.3 Å². The molecular formula is C26H21N3O3. The third-order valence-electron chi connectivity index (χ3n) is 5.18. The van der Waals surface area contributed by atoms with Crippen molar-refractivity contribution >= 4 is 0 Å². The van der Waals surface area contributed by atoms with Gasteiger partial charge in [0.2, 0.25) is 0 Å². The van der Waals surface area contributed by atoms with Crippen LogP contribution in [0.1, 0.15) is 11.1 Å². The molecule has 0 spiro atoms. The van der Waals surface area contributed by atoms with E-state index in [1.165, 1.54) is 4.68 Å². The highest BCUT2D eigenvalue weighted by Gasteiger charge is 2.20. The lowest BCUT2D eigenvalue weighted by atomic mass is 9.96. The van der Waals surface area contributed by atoms with Crippen LogP contribution >= 0.6 is 0 Å². The van der Waals surface area contributed by atoms with Crippen molar-refractivity contribution in [3.05, 3.63) is 100 Å². The van der Waals surface area contributed by atoms with Gasteiger partial charge in [0.1, 0.15) is 28.8 Å². The molecule has 0 radical (unpaired) electrons. The van der Waals surface area contributed by atoms with Gasteiger partial charge in [0.15, 0.2) is 0 Å². The molecule has 0 aliphatic heterocycles. The monoisotopic (exact) mass is 423 g/mol. The topological polar surface area (TPSA) is 77.1 Å². The molecule has 0 N–H and O–H groups in total. The van der Waals surface area contributed by atoms with Crippen molar-refractivity contribution in [2.75, 3.05) is 14.2 Å². The average molecular weight is 423 g/mol. The van der Waals surface area contributed by atoms with E-state index in [0.717, 1.165) is 11.1 Å². The Balaban J connectivity index is 1.96. The summed E-state index contributed by atoms with van der Waals surface area (Å²) >= 11 is 0. The maximum absolute atomic E-state index is 13.2. The van der Waals surface area contributed by atoms with E-state index in [1.54, 1.807) is 26.4 Å². The second-order valence-corrected chi connectivity index (χ2v) is 7.12. The summed E-state index contributed by atoms with van der Waals surface area (Å²) < 4.78 is 11.9. The Kier molecular flexibility index (Phi) is 6.00. The highest BCUT2D eigenvalue weighted by molar-refractivity contribution is 5.84. The molecule has 4 aromatic rings. The normalized spacial score (nSPS) is 10.4. The summed E-state index contributed by atoms with van der Waals surface area (Å²) in [6.07, 6.45) is 0. The first-order valence-electron chi connectivity index (χ1n) is 10.0. The molecule has 4 rings (SSSR count). The zero-order valence-corrected chi connectivity index (χ0v) is 17.8. The lowest BCUT2D eigenvalue weighted by molar-refractivity contribution is 0.414. The lowest BCUT2D eigenvalue weighted by Crippen LogP contribution is -2.27. The van der Waals surface area contributed by atoms with E-state index in [2.05, 4.69) is 6.07 Å². The average Bonchev–Trinajstić information content (AvgIpc) is 2.85. The van der Waals surface area contributed by atoms with Gasteiger partial charge in [-0.1, -0.05) is 42.5 Å². The van der Waals surface area contributed by atoms with Gasteiger partial charge in [-0.05, 0) is 47.5 Å². The van der Waals surface area contributed by atoms with Crippen molar-refractivity contribution in [1.29, 1.82) is 5.26 Å². The number of nitriles is 1. The maximum atomic E-state index is 13.2. The maximum Gasteiger partial charge on any atom is 0.285 e. The fourth-order valence-corrected chi connectivity index (χ4v) is 3.53. The molecule has 0 bridgehead atoms. The summed E-state index contributed by atoms with van der Waals surface area (Å²) in [5, 5.41) is 14.7. The van der Waals surface area contributed by atoms with Crippen LogP contribution in [0, 0.1) is 11.3 Å². The lowest BCUT2D eigenvalue weighted by Gasteiger charge is -2.15. The van der Waals surface area contributed by atoms with Crippen molar-refractivity contribution in [2.24, 2.45) is 0 Å². The van der Waals surface area contributed by atoms with Gasteiger partial charge in [0.05, 0.1) is 20.8 Å². The molecule has 0 fully saturated rings. The molecule has 0 aliphatic carbocycles. The smallest absolute Gasteiger partial charge is 0.285 e. The van der Waals surface area contributed by atoms with Crippen molar-refractivity contribution in [3.63, 3.8) is 0 Å². The van der Waals surface area contributed by atoms with E-state index >= 15 is 0 Å². The van der Waals surface area contributed by atoms with E-state index in [4.69, 9.17) is 14.6 Å². The number of methoxy groups -OCH3 is 2. The second-order valence-electron chi connectivity index (χ2n) is 7.12. The molecule has 6 heteroatoms. The number of nitrogens with zero attached hydrogens (tertiary/aromatic N) is 3. The van der Waals surface area contributed by atoms with Gasteiger partial charge in [0.25, 0.3) is 5.56 Å². The molecule has 0 atom stereocenters. The Morgan fingerprint density at radius 2 is 1.41 bits per heavy atom. The standard InChI is InChI=1S/C26H21N3O3/c1-31-21-12-8-19(9-13-21)24-23(16-27)26(30)29(17-18-6-4-3-5-7-18)28-25(24)20-10-14-22(32-2)15-11-20/h3-15H,17H2,1-2H3. The Morgan fingerprint density at radius 1 is 0.844 bits per heavy atom. The first-order chi connectivity index (χ1) is 15.6. The van der Waals surface area contributed by atoms with Crippen LogP contribution in [0.2, 0.25) is 0 Å². The largest absolute Gasteiger partial charge is 0.497 e. The summed E-state index contributed by atoms with van der Waals surface area (Å²) in [6, 6.07) is 26.3. The zero-order valence-electron chi connectivity index (χ0n) is 17.8. The summed E-state index contributed by atoms with van der Waals surface area (Å²) in [5.41, 5.74) is 3.06. The molecule has 0 aliphatic rings. The molecule has 158 valence electrons. The number of hydrogen-bond donors (Lipinski definition) is 0. The molecular weight excluding hydrogens is 402 g/mol. The quantitative estimate of drug-likeness (QED) is 0.456. The molecule has 0 saturated heterocycles. The molecule has 32 heavy (non-hydrogen) atoms. The third-order valence-corrected chi connectivity index (χ3v) is 5.18. The van der Waals surface area contributed by atoms with Crippen LogP contribution in [0.15, 0.2) is 83.7 Å². The number of hydrogen-bond acceptors (Lipinski definition) is 5. The van der Waals surface area contributed by atoms with Crippen LogP contribution in [-0.2, 0) is 6.54 Å². The van der Waals surface area contributed by atoms with Crippen LogP contribution in [0.5, 0.6) is 11.5 Å². The van der Waals surface area contributed by atoms with E-state index in [1.807, 2.05) is 66.7 Å². The highest BCUT2D eigenvalue weighted by Crippen LogP contribution is 2.33. The Morgan fingerprint density at radius 3 is 1.94 bits per heavy atom. The molecule has 0 amide bonds. The van der Waals surface area contributed by atoms with Gasteiger partial charge in [-0.3, -0.25) is 4.79 Å². The van der Waals surface area contributed by atoms with Crippen LogP contribution in [0.3, 0.4) is 0 Å². The number of benzene rings is 3. The fourth-order valence-electron chi connectivity index (χ4n) is 3.53. The summed E-state index contributed by atoms with van der Waals surface area (Å²) in [6.45, 7) is 0.264. The predicted molar refractivity (Wildman–Crippen MR) is 123 cm³/mol. The van der Waals surface area contributed by atoms with Crippen molar-refractivity contribution in [3.8, 4) is 40.0 Å². The van der Waals surface area contributed by atoms with Gasteiger partial charge < -0.3 is 9.47 Å². The van der Waals surface area contributed by atoms with Crippen LogP contribution in [0.4, 0.5) is 0 Å². The molecule has 6 nitrogen and oxygen atoms in total. The number of ether oxygens (including phenoxy) is 2. The van der Waals surface area contributed by atoms with Crippen molar-refractivity contribution < 1.29 is 9.47 Å². The van der Waals surface area contributed by atoms with Gasteiger partial charge >= 0.3 is 0 Å². The summed E-state index contributed by atoms with van der Waals surface area (Å²) in [4.78, 5) is 13.2. The Bertz CT molecular complexity index is 1320. The fraction of sp³-hybridized carbons (Fsp3) is 0.115. The first kappa shape index (κ1) is 20.9. The van der Waals surface area contributed by atoms with E-state index in [-0.39, 0.29) is 12.1 Å². The minimum Gasteiger partial charge on any atom is -0.497 e. The number of rotatable bonds is 6. The molecule has 1 aromatic heterocycles. The molecule has 3 aromatic carbocycles. The van der Waals surface area contributed by atoms with Gasteiger partial charge in [-0.15, -0.1) is 0 Å². The van der Waals surface area contributed by atoms with E-state index < -0.39 is 5.56 Å². The van der Waals surface area contributed by atoms with Crippen molar-refractivity contribution in [1.82, 2.24) is 9.78 Å². The highest BCUT2D eigenvalue weighted by atomic mass is 16.5. The molecule has 0 unspecified atom stereocenters. The van der Waals surface area contributed by atoms with Crippen LogP contribution < -0.4 is 15.0 Å². The number of aromatic nitrogens is 2. The summed E-state index contributed by atoms with van der Waals surface area (Å²) in [7, 11) is 3.19. The Labute approximate surface area is 185 Å². The Hall–Kier alpha value is -4.37. The van der Waals surface area contributed by atoms with Gasteiger partial charge in [-0.25, -0.2) is 4.68 Å². The first-order valence-corrected chi connectivity index (χ1v) is 10.0. The van der Waals surface area contributed by atoms with Crippen LogP contribution in [-0.4, -0.2) is 24.0 Å². The molecule has 1 heterocycles. The molecule has 0 saturated carbocycles. The summed E-state index contributed by atoms with van der Waals surface area (Å²) in [5.74, 6) is 1.39. The SMILES string of the molecule is COc1ccc(-c2nn(Cc3ccccc3)c(=O)c(C#N)c2-c2ccc(OC)cc2)cc1. The van der Waals surface area contributed by atoms with E-state index in [9.17, 15) is 10.1 Å². The van der Waals surface area contributed by atoms with Gasteiger partial charge in [-0.2, -0.15) is 10.4 Å². The van der Waals surface area contributed by atoms with Crippen LogP contribution in [0.25, 0.3) is 22.4 Å². The van der Waals surface area contributed by atoms with Crippen molar-refractivity contribution in [2.45, 2.75) is 6.54 Å². The zero-order chi connectivity index (χ0) is 22.5.